The minimum atomic E-state index is 0.393. The van der Waals surface area contributed by atoms with Crippen molar-refractivity contribution in [3.05, 3.63) is 45.9 Å². The van der Waals surface area contributed by atoms with Gasteiger partial charge in [-0.15, -0.1) is 22.9 Å². The van der Waals surface area contributed by atoms with E-state index >= 15 is 0 Å². The van der Waals surface area contributed by atoms with Gasteiger partial charge >= 0.3 is 0 Å². The molecule has 0 atom stereocenters. The predicted molar refractivity (Wildman–Crippen MR) is 88.6 cm³/mol. The third-order valence-electron chi connectivity index (χ3n) is 3.35. The zero-order valence-electron chi connectivity index (χ0n) is 12.1. The van der Waals surface area contributed by atoms with Crippen LogP contribution in [0.3, 0.4) is 0 Å². The van der Waals surface area contributed by atoms with E-state index in [0.29, 0.717) is 12.5 Å². The molecule has 0 saturated heterocycles. The van der Waals surface area contributed by atoms with Crippen molar-refractivity contribution in [1.82, 2.24) is 9.55 Å². The van der Waals surface area contributed by atoms with Crippen LogP contribution in [0.15, 0.2) is 30.3 Å². The number of para-hydroxylation sites is 1. The van der Waals surface area contributed by atoms with Gasteiger partial charge in [-0.3, -0.25) is 0 Å². The van der Waals surface area contributed by atoms with Crippen molar-refractivity contribution >= 4 is 34.0 Å². The molecule has 0 aliphatic carbocycles. The Balaban J connectivity index is 2.09. The van der Waals surface area contributed by atoms with Gasteiger partial charge in [-0.05, 0) is 38.1 Å². The Morgan fingerprint density at radius 2 is 2.14 bits per heavy atom. The molecule has 2 heterocycles. The van der Waals surface area contributed by atoms with E-state index in [-0.39, 0.29) is 0 Å². The lowest BCUT2D eigenvalue weighted by molar-refractivity contribution is 0.343. The molecule has 0 unspecified atom stereocenters. The molecule has 0 saturated carbocycles. The highest BCUT2D eigenvalue weighted by molar-refractivity contribution is 7.11. The van der Waals surface area contributed by atoms with Crippen molar-refractivity contribution in [3.8, 4) is 5.75 Å². The summed E-state index contributed by atoms with van der Waals surface area (Å²) < 4.78 is 7.85. The number of imidazole rings is 1. The summed E-state index contributed by atoms with van der Waals surface area (Å²) in [6, 6.07) is 10.3. The van der Waals surface area contributed by atoms with Crippen LogP contribution in [-0.4, -0.2) is 16.2 Å². The van der Waals surface area contributed by atoms with E-state index in [1.165, 1.54) is 9.75 Å². The van der Waals surface area contributed by atoms with E-state index in [1.54, 1.807) is 11.3 Å². The maximum atomic E-state index is 6.08. The summed E-state index contributed by atoms with van der Waals surface area (Å²) in [6.07, 6.45) is 0. The Bertz CT molecular complexity index is 763. The van der Waals surface area contributed by atoms with E-state index in [0.717, 1.165) is 29.2 Å². The van der Waals surface area contributed by atoms with Gasteiger partial charge < -0.3 is 9.30 Å². The van der Waals surface area contributed by atoms with Crippen LogP contribution in [0.4, 0.5) is 0 Å². The molecule has 0 fully saturated rings. The van der Waals surface area contributed by atoms with Crippen LogP contribution in [-0.2, 0) is 12.4 Å². The Hall–Kier alpha value is -1.52. The number of aromatic nitrogens is 2. The van der Waals surface area contributed by atoms with Crippen LogP contribution >= 0.6 is 22.9 Å². The van der Waals surface area contributed by atoms with Gasteiger partial charge in [0.2, 0.25) is 0 Å². The molecule has 1 aromatic carbocycles. The standard InChI is InChI=1S/C16H17ClN2OS/c1-3-20-14-6-4-5-13-16(14)18-15(9-17)19(13)10-12-8-7-11(2)21-12/h4-8H,3,9-10H2,1-2H3. The predicted octanol–water partition coefficient (Wildman–Crippen LogP) is 4.59. The van der Waals surface area contributed by atoms with E-state index in [4.69, 9.17) is 16.3 Å². The maximum absolute atomic E-state index is 6.08. The minimum Gasteiger partial charge on any atom is -0.492 e. The highest BCUT2D eigenvalue weighted by Crippen LogP contribution is 2.28. The van der Waals surface area contributed by atoms with Crippen molar-refractivity contribution in [2.45, 2.75) is 26.3 Å². The van der Waals surface area contributed by atoms with Gasteiger partial charge in [-0.25, -0.2) is 4.98 Å². The summed E-state index contributed by atoms with van der Waals surface area (Å²) in [5.74, 6) is 2.09. The number of fused-ring (bicyclic) bond motifs is 1. The third-order valence-corrected chi connectivity index (χ3v) is 4.57. The first-order chi connectivity index (χ1) is 10.2. The lowest BCUT2D eigenvalue weighted by Crippen LogP contribution is -2.02. The normalized spacial score (nSPS) is 11.2. The molecular formula is C16H17ClN2OS. The van der Waals surface area contributed by atoms with Crippen molar-refractivity contribution in [2.24, 2.45) is 0 Å². The highest BCUT2D eigenvalue weighted by atomic mass is 35.5. The molecule has 2 aromatic heterocycles. The second-order valence-corrected chi connectivity index (χ2v) is 6.46. The van der Waals surface area contributed by atoms with Gasteiger partial charge in [0, 0.05) is 9.75 Å². The van der Waals surface area contributed by atoms with Crippen molar-refractivity contribution in [2.75, 3.05) is 6.61 Å². The van der Waals surface area contributed by atoms with Gasteiger partial charge in [-0.1, -0.05) is 6.07 Å². The number of thiophene rings is 1. The van der Waals surface area contributed by atoms with Gasteiger partial charge in [0.25, 0.3) is 0 Å². The second kappa shape index (κ2) is 6.08. The monoisotopic (exact) mass is 320 g/mol. The number of rotatable bonds is 5. The minimum absolute atomic E-state index is 0.393. The number of benzene rings is 1. The van der Waals surface area contributed by atoms with Gasteiger partial charge in [-0.2, -0.15) is 0 Å². The van der Waals surface area contributed by atoms with Gasteiger partial charge in [0.1, 0.15) is 17.1 Å². The third kappa shape index (κ3) is 2.78. The summed E-state index contributed by atoms with van der Waals surface area (Å²) in [7, 11) is 0. The average Bonchev–Trinajstić information content (AvgIpc) is 3.05. The first-order valence-electron chi connectivity index (χ1n) is 6.95. The lowest BCUT2D eigenvalue weighted by Gasteiger charge is -2.07. The molecule has 0 bridgehead atoms. The molecule has 3 nitrogen and oxygen atoms in total. The molecule has 3 aromatic rings. The molecule has 110 valence electrons. The quantitative estimate of drug-likeness (QED) is 0.643. The Kier molecular flexibility index (Phi) is 4.17. The van der Waals surface area contributed by atoms with E-state index in [9.17, 15) is 0 Å². The fourth-order valence-corrected chi connectivity index (χ4v) is 3.53. The molecule has 3 rings (SSSR count). The zero-order chi connectivity index (χ0) is 14.8. The molecular weight excluding hydrogens is 304 g/mol. The Morgan fingerprint density at radius 3 is 2.81 bits per heavy atom. The molecule has 5 heteroatoms. The van der Waals surface area contributed by atoms with E-state index in [2.05, 4.69) is 34.7 Å². The Morgan fingerprint density at radius 1 is 1.29 bits per heavy atom. The fraction of sp³-hybridized carbons (Fsp3) is 0.312. The molecule has 0 aliphatic rings. The van der Waals surface area contributed by atoms with Crippen LogP contribution in [0, 0.1) is 6.92 Å². The summed E-state index contributed by atoms with van der Waals surface area (Å²) in [4.78, 5) is 7.29. The summed E-state index contributed by atoms with van der Waals surface area (Å²) in [5.41, 5.74) is 1.96. The van der Waals surface area contributed by atoms with Crippen molar-refractivity contribution in [1.29, 1.82) is 0 Å². The van der Waals surface area contributed by atoms with Crippen LogP contribution in [0.1, 0.15) is 22.5 Å². The van der Waals surface area contributed by atoms with Crippen molar-refractivity contribution in [3.63, 3.8) is 0 Å². The number of ether oxygens (including phenoxy) is 1. The number of hydrogen-bond donors (Lipinski definition) is 0. The van der Waals surface area contributed by atoms with Gasteiger partial charge in [0.05, 0.1) is 24.5 Å². The molecule has 0 radical (unpaired) electrons. The average molecular weight is 321 g/mol. The van der Waals surface area contributed by atoms with Crippen LogP contribution in [0.25, 0.3) is 11.0 Å². The zero-order valence-corrected chi connectivity index (χ0v) is 13.7. The van der Waals surface area contributed by atoms with Crippen molar-refractivity contribution < 1.29 is 4.74 Å². The van der Waals surface area contributed by atoms with E-state index in [1.807, 2.05) is 19.1 Å². The molecule has 21 heavy (non-hydrogen) atoms. The number of nitrogens with zero attached hydrogens (tertiary/aromatic N) is 2. The van der Waals surface area contributed by atoms with Crippen LogP contribution < -0.4 is 4.74 Å². The second-order valence-electron chi connectivity index (χ2n) is 4.82. The SMILES string of the molecule is CCOc1cccc2c1nc(CCl)n2Cc1ccc(C)s1. The first kappa shape index (κ1) is 14.4. The number of halogens is 1. The Labute approximate surface area is 133 Å². The lowest BCUT2D eigenvalue weighted by atomic mass is 10.3. The number of alkyl halides is 1. The van der Waals surface area contributed by atoms with Gasteiger partial charge in [0.15, 0.2) is 0 Å². The highest BCUT2D eigenvalue weighted by Gasteiger charge is 2.14. The maximum Gasteiger partial charge on any atom is 0.147 e. The number of aryl methyl sites for hydroxylation is 1. The van der Waals surface area contributed by atoms with E-state index < -0.39 is 0 Å². The summed E-state index contributed by atoms with van der Waals surface area (Å²) in [6.45, 7) is 5.53. The summed E-state index contributed by atoms with van der Waals surface area (Å²) >= 11 is 7.89. The number of hydrogen-bond acceptors (Lipinski definition) is 3. The van der Waals surface area contributed by atoms with Crippen LogP contribution in [0.2, 0.25) is 0 Å². The first-order valence-corrected chi connectivity index (χ1v) is 8.30. The molecule has 0 aliphatic heterocycles. The molecule has 0 N–H and O–H groups in total. The summed E-state index contributed by atoms with van der Waals surface area (Å²) in [5, 5.41) is 0. The largest absolute Gasteiger partial charge is 0.492 e. The molecule has 0 amide bonds. The smallest absolute Gasteiger partial charge is 0.147 e. The topological polar surface area (TPSA) is 27.1 Å². The fourth-order valence-electron chi connectivity index (χ4n) is 2.45. The molecule has 0 spiro atoms. The van der Waals surface area contributed by atoms with Crippen LogP contribution in [0.5, 0.6) is 5.75 Å².